The van der Waals surface area contributed by atoms with Crippen molar-refractivity contribution in [2.24, 2.45) is 0 Å². The van der Waals surface area contributed by atoms with Gasteiger partial charge in [-0.3, -0.25) is 4.90 Å². The van der Waals surface area contributed by atoms with E-state index in [4.69, 9.17) is 4.43 Å². The lowest BCUT2D eigenvalue weighted by atomic mass is 9.87. The van der Waals surface area contributed by atoms with Crippen molar-refractivity contribution in [3.63, 3.8) is 0 Å². The van der Waals surface area contributed by atoms with Crippen molar-refractivity contribution in [1.29, 1.82) is 0 Å². The lowest BCUT2D eigenvalue weighted by Crippen LogP contribution is -2.66. The lowest BCUT2D eigenvalue weighted by molar-refractivity contribution is 0.170. The van der Waals surface area contributed by atoms with Crippen LogP contribution < -0.4 is 10.4 Å². The first-order valence-electron chi connectivity index (χ1n) is 15.3. The highest BCUT2D eigenvalue weighted by molar-refractivity contribution is 6.99. The molecule has 0 spiro atoms. The molecule has 0 saturated heterocycles. The molecule has 1 unspecified atom stereocenters. The molecular formula is C38H49NOSi. The van der Waals surface area contributed by atoms with E-state index in [1.165, 1.54) is 27.1 Å². The molecule has 4 aromatic rings. The van der Waals surface area contributed by atoms with Gasteiger partial charge in [0.25, 0.3) is 8.32 Å². The molecular weight excluding hydrogens is 515 g/mol. The summed E-state index contributed by atoms with van der Waals surface area (Å²) in [7, 11) is -2.60. The van der Waals surface area contributed by atoms with E-state index in [0.717, 1.165) is 13.0 Å². The SMILES string of the molecule is CC(C)N(CCC(c1ccccc1)c1cccc(CO[Si](c2ccccc2)(c2ccccc2)C(C)(C)C)c1)C(C)C. The predicted octanol–water partition coefficient (Wildman–Crippen LogP) is 8.40. The highest BCUT2D eigenvalue weighted by Crippen LogP contribution is 2.37. The first kappa shape index (κ1) is 31.0. The Kier molecular flexibility index (Phi) is 10.4. The molecule has 4 rings (SSSR count). The van der Waals surface area contributed by atoms with Gasteiger partial charge in [0.2, 0.25) is 0 Å². The second kappa shape index (κ2) is 13.8. The summed E-state index contributed by atoms with van der Waals surface area (Å²) < 4.78 is 7.28. The van der Waals surface area contributed by atoms with E-state index in [1.54, 1.807) is 0 Å². The van der Waals surface area contributed by atoms with Crippen molar-refractivity contribution in [2.45, 2.75) is 84.5 Å². The van der Waals surface area contributed by atoms with Gasteiger partial charge in [0.05, 0.1) is 6.61 Å². The molecule has 0 aliphatic rings. The zero-order valence-electron chi connectivity index (χ0n) is 26.2. The minimum absolute atomic E-state index is 0.0446. The molecule has 0 N–H and O–H groups in total. The largest absolute Gasteiger partial charge is 0.403 e. The summed E-state index contributed by atoms with van der Waals surface area (Å²) in [6, 6.07) is 43.1. The van der Waals surface area contributed by atoms with Gasteiger partial charge in [-0.1, -0.05) is 136 Å². The molecule has 0 aliphatic heterocycles. The van der Waals surface area contributed by atoms with Crippen molar-refractivity contribution in [2.75, 3.05) is 6.54 Å². The third kappa shape index (κ3) is 7.27. The Labute approximate surface area is 250 Å². The average molecular weight is 564 g/mol. The van der Waals surface area contributed by atoms with Crippen LogP contribution in [0, 0.1) is 0 Å². The predicted molar refractivity (Wildman–Crippen MR) is 179 cm³/mol. The zero-order chi connectivity index (χ0) is 29.5. The van der Waals surface area contributed by atoms with Crippen LogP contribution in [0.3, 0.4) is 0 Å². The fourth-order valence-electron chi connectivity index (χ4n) is 6.45. The van der Waals surface area contributed by atoms with Crippen molar-refractivity contribution >= 4 is 18.7 Å². The van der Waals surface area contributed by atoms with E-state index in [9.17, 15) is 0 Å². The van der Waals surface area contributed by atoms with E-state index in [1.807, 2.05) is 0 Å². The molecule has 0 bridgehead atoms. The molecule has 1 atom stereocenters. The molecule has 2 nitrogen and oxygen atoms in total. The topological polar surface area (TPSA) is 12.5 Å². The first-order chi connectivity index (χ1) is 19.6. The summed E-state index contributed by atoms with van der Waals surface area (Å²) >= 11 is 0. The maximum absolute atomic E-state index is 7.28. The molecule has 0 radical (unpaired) electrons. The van der Waals surface area contributed by atoms with Crippen molar-refractivity contribution in [1.82, 2.24) is 4.90 Å². The summed E-state index contributed by atoms with van der Waals surface area (Å²) in [6.45, 7) is 17.9. The van der Waals surface area contributed by atoms with Crippen LogP contribution in [0.2, 0.25) is 5.04 Å². The number of nitrogens with zero attached hydrogens (tertiary/aromatic N) is 1. The minimum Gasteiger partial charge on any atom is -0.403 e. The Morgan fingerprint density at radius 1 is 0.634 bits per heavy atom. The Morgan fingerprint density at radius 2 is 1.12 bits per heavy atom. The van der Waals surface area contributed by atoms with Crippen LogP contribution in [0.1, 0.15) is 77.5 Å². The van der Waals surface area contributed by atoms with Gasteiger partial charge in [0, 0.05) is 18.0 Å². The summed E-state index contributed by atoms with van der Waals surface area (Å²) in [5.41, 5.74) is 3.98. The molecule has 3 heteroatoms. The second-order valence-electron chi connectivity index (χ2n) is 12.9. The van der Waals surface area contributed by atoms with Crippen LogP contribution in [-0.4, -0.2) is 31.8 Å². The van der Waals surface area contributed by atoms with Crippen LogP contribution >= 0.6 is 0 Å². The highest BCUT2D eigenvalue weighted by atomic mass is 28.4. The molecule has 41 heavy (non-hydrogen) atoms. The summed E-state index contributed by atoms with van der Waals surface area (Å²) in [4.78, 5) is 2.60. The fourth-order valence-corrected chi connectivity index (χ4v) is 11.0. The third-order valence-corrected chi connectivity index (χ3v) is 13.4. The van der Waals surface area contributed by atoms with E-state index in [-0.39, 0.29) is 5.04 Å². The summed E-state index contributed by atoms with van der Waals surface area (Å²) in [6.07, 6.45) is 1.08. The van der Waals surface area contributed by atoms with Gasteiger partial charge in [-0.2, -0.15) is 0 Å². The Balaban J connectivity index is 1.68. The van der Waals surface area contributed by atoms with E-state index < -0.39 is 8.32 Å². The molecule has 216 valence electrons. The maximum Gasteiger partial charge on any atom is 0.261 e. The van der Waals surface area contributed by atoms with Gasteiger partial charge >= 0.3 is 0 Å². The van der Waals surface area contributed by atoms with Gasteiger partial charge in [0.1, 0.15) is 0 Å². The Hall–Kier alpha value is -2.98. The number of rotatable bonds is 12. The average Bonchev–Trinajstić information content (AvgIpc) is 2.96. The molecule has 0 aliphatic carbocycles. The van der Waals surface area contributed by atoms with Crippen LogP contribution in [0.15, 0.2) is 115 Å². The van der Waals surface area contributed by atoms with Gasteiger partial charge in [-0.25, -0.2) is 0 Å². The van der Waals surface area contributed by atoms with Crippen molar-refractivity contribution < 1.29 is 4.43 Å². The van der Waals surface area contributed by atoms with Gasteiger partial charge < -0.3 is 4.43 Å². The highest BCUT2D eigenvalue weighted by Gasteiger charge is 2.50. The van der Waals surface area contributed by atoms with Crippen LogP contribution in [0.4, 0.5) is 0 Å². The fraction of sp³-hybridized carbons (Fsp3) is 0.368. The van der Waals surface area contributed by atoms with E-state index in [2.05, 4.69) is 169 Å². The number of hydrogen-bond donors (Lipinski definition) is 0. The monoisotopic (exact) mass is 563 g/mol. The third-order valence-electron chi connectivity index (χ3n) is 8.43. The second-order valence-corrected chi connectivity index (χ2v) is 17.2. The molecule has 0 saturated carbocycles. The summed E-state index contributed by atoms with van der Waals surface area (Å²) in [5, 5.41) is 2.59. The van der Waals surface area contributed by atoms with Gasteiger partial charge in [-0.05, 0) is 72.8 Å². The Morgan fingerprint density at radius 3 is 1.61 bits per heavy atom. The minimum atomic E-state index is -2.60. The standard InChI is InChI=1S/C38H49NOSi/c1-30(2)39(31(3)4)27-26-37(33-19-11-8-12-20-33)34-21-17-18-32(28-34)29-40-41(38(5,6)7,35-22-13-9-14-23-35)36-24-15-10-16-25-36/h8-25,28,30-31,37H,26-27,29H2,1-7H3. The molecule has 0 amide bonds. The smallest absolute Gasteiger partial charge is 0.261 e. The first-order valence-corrected chi connectivity index (χ1v) is 17.2. The molecule has 4 aromatic carbocycles. The quantitative estimate of drug-likeness (QED) is 0.160. The van der Waals surface area contributed by atoms with Crippen LogP contribution in [0.5, 0.6) is 0 Å². The Bertz CT molecular complexity index is 1280. The molecule has 0 fully saturated rings. The lowest BCUT2D eigenvalue weighted by Gasteiger charge is -2.43. The molecule has 0 heterocycles. The molecule has 0 aromatic heterocycles. The van der Waals surface area contributed by atoms with Gasteiger partial charge in [-0.15, -0.1) is 0 Å². The van der Waals surface area contributed by atoms with Crippen LogP contribution in [0.25, 0.3) is 0 Å². The van der Waals surface area contributed by atoms with Gasteiger partial charge in [0.15, 0.2) is 0 Å². The zero-order valence-corrected chi connectivity index (χ0v) is 27.2. The van der Waals surface area contributed by atoms with E-state index >= 15 is 0 Å². The normalized spacial score (nSPS) is 13.2. The van der Waals surface area contributed by atoms with Crippen molar-refractivity contribution in [3.8, 4) is 0 Å². The van der Waals surface area contributed by atoms with Crippen molar-refractivity contribution in [3.05, 3.63) is 132 Å². The summed E-state index contributed by atoms with van der Waals surface area (Å²) in [5.74, 6) is 0.337. The number of benzene rings is 4. The van der Waals surface area contributed by atoms with E-state index in [0.29, 0.717) is 24.6 Å². The maximum atomic E-state index is 7.28. The van der Waals surface area contributed by atoms with Crippen LogP contribution in [-0.2, 0) is 11.0 Å². The number of hydrogen-bond acceptors (Lipinski definition) is 2.